The monoisotopic (exact) mass is 722 g/mol. The molecule has 0 spiro atoms. The lowest BCUT2D eigenvalue weighted by atomic mass is 10.1. The maximum absolute atomic E-state index is 13.5. The van der Waals surface area contributed by atoms with Gasteiger partial charge in [0, 0.05) is 63.3 Å². The molecule has 0 radical (unpaired) electrons. The maximum Gasteiger partial charge on any atom is 0.325 e. The second-order valence-corrected chi connectivity index (χ2v) is 13.6. The molecule has 0 aliphatic heterocycles. The van der Waals surface area contributed by atoms with Crippen molar-refractivity contribution in [3.8, 4) is 5.75 Å². The van der Waals surface area contributed by atoms with Gasteiger partial charge in [-0.25, -0.2) is 13.4 Å². The first-order valence-corrected chi connectivity index (χ1v) is 18.1. The molecule has 0 saturated carbocycles. The van der Waals surface area contributed by atoms with E-state index in [9.17, 15) is 22.8 Å². The number of ether oxygens (including phenoxy) is 2. The van der Waals surface area contributed by atoms with Gasteiger partial charge in [-0.05, 0) is 80.3 Å². The third-order valence-electron chi connectivity index (χ3n) is 8.04. The number of nitrogens with two attached hydrogens (primary N) is 1. The third-order valence-corrected chi connectivity index (χ3v) is 9.82. The molecule has 0 saturated heterocycles. The number of carbonyl (C=O) groups excluding carboxylic acids is 3. The van der Waals surface area contributed by atoms with Crippen LogP contribution in [0.3, 0.4) is 0 Å². The fourth-order valence-electron chi connectivity index (χ4n) is 5.56. The van der Waals surface area contributed by atoms with Crippen molar-refractivity contribution >= 4 is 44.5 Å². The Kier molecular flexibility index (Phi) is 13.9. The highest BCUT2D eigenvalue weighted by Gasteiger charge is 2.29. The molecule has 2 aromatic carbocycles. The van der Waals surface area contributed by atoms with Crippen LogP contribution in [-0.4, -0.2) is 94.0 Å². The van der Waals surface area contributed by atoms with E-state index in [1.807, 2.05) is 29.9 Å². The van der Waals surface area contributed by atoms with Crippen LogP contribution < -0.4 is 30.7 Å². The van der Waals surface area contributed by atoms with Gasteiger partial charge in [0.2, 0.25) is 15.9 Å². The molecule has 2 heterocycles. The van der Waals surface area contributed by atoms with Gasteiger partial charge in [0.05, 0.1) is 30.3 Å². The van der Waals surface area contributed by atoms with Gasteiger partial charge in [0.15, 0.2) is 0 Å². The van der Waals surface area contributed by atoms with Crippen molar-refractivity contribution in [2.75, 3.05) is 51.8 Å². The van der Waals surface area contributed by atoms with Crippen LogP contribution in [0.2, 0.25) is 0 Å². The molecule has 0 fully saturated rings. The molecular formula is C35H46N8O7S. The van der Waals surface area contributed by atoms with Crippen molar-refractivity contribution in [2.24, 2.45) is 5.73 Å². The van der Waals surface area contributed by atoms with Crippen molar-refractivity contribution < 1.29 is 32.3 Å². The van der Waals surface area contributed by atoms with Crippen molar-refractivity contribution in [1.29, 1.82) is 0 Å². The Bertz CT molecular complexity index is 1890. The number of anilines is 1. The number of amides is 2. The summed E-state index contributed by atoms with van der Waals surface area (Å²) in [6.07, 6.45) is 5.00. The van der Waals surface area contributed by atoms with Gasteiger partial charge in [0.25, 0.3) is 5.91 Å². The Hall–Kier alpha value is -5.06. The van der Waals surface area contributed by atoms with Gasteiger partial charge in [-0.1, -0.05) is 6.07 Å². The van der Waals surface area contributed by atoms with E-state index in [1.165, 1.54) is 0 Å². The highest BCUT2D eigenvalue weighted by Crippen LogP contribution is 2.26. The first-order chi connectivity index (χ1) is 24.4. The molecule has 2 amide bonds. The smallest absolute Gasteiger partial charge is 0.325 e. The number of rotatable bonds is 19. The lowest BCUT2D eigenvalue weighted by Gasteiger charge is -2.20. The highest BCUT2D eigenvalue weighted by atomic mass is 32.2. The van der Waals surface area contributed by atoms with Gasteiger partial charge < -0.3 is 30.7 Å². The predicted molar refractivity (Wildman–Crippen MR) is 193 cm³/mol. The summed E-state index contributed by atoms with van der Waals surface area (Å²) in [5, 5.41) is 10.6. The molecule has 51 heavy (non-hydrogen) atoms. The summed E-state index contributed by atoms with van der Waals surface area (Å²) in [6.45, 7) is 5.33. The molecule has 0 unspecified atom stereocenters. The lowest BCUT2D eigenvalue weighted by molar-refractivity contribution is -0.142. The molecule has 0 bridgehead atoms. The Morgan fingerprint density at radius 3 is 2.49 bits per heavy atom. The molecule has 1 atom stereocenters. The fraction of sp³-hybridized carbons (Fsp3) is 0.400. The van der Waals surface area contributed by atoms with Crippen molar-refractivity contribution in [3.05, 3.63) is 77.6 Å². The van der Waals surface area contributed by atoms with Gasteiger partial charge in [-0.15, -0.1) is 0 Å². The fourth-order valence-corrected chi connectivity index (χ4v) is 7.19. The molecule has 5 N–H and O–H groups in total. The van der Waals surface area contributed by atoms with Crippen LogP contribution in [0.1, 0.15) is 40.7 Å². The third kappa shape index (κ3) is 10.7. The van der Waals surface area contributed by atoms with E-state index in [0.29, 0.717) is 48.5 Å². The quantitative estimate of drug-likeness (QED) is 0.0816. The molecule has 4 rings (SSSR count). The topological polar surface area (TPSA) is 200 Å². The molecule has 0 aliphatic carbocycles. The van der Waals surface area contributed by atoms with Crippen LogP contribution in [0.4, 0.5) is 5.82 Å². The number of aryl methyl sites for hydroxylation is 3. The van der Waals surface area contributed by atoms with E-state index in [0.717, 1.165) is 36.8 Å². The minimum Gasteiger partial charge on any atom is -0.494 e. The summed E-state index contributed by atoms with van der Waals surface area (Å²) < 4.78 is 42.0. The predicted octanol–water partition coefficient (Wildman–Crippen LogP) is 2.06. The summed E-state index contributed by atoms with van der Waals surface area (Å²) in [7, 11) is -1.12. The largest absolute Gasteiger partial charge is 0.494 e. The summed E-state index contributed by atoms with van der Waals surface area (Å²) in [5.74, 6) is -0.156. The maximum atomic E-state index is 13.5. The number of hydrogen-bond donors (Lipinski definition) is 4. The standard InChI is InChI=1S/C35H46N8O7S/c1-24-19-28(50-18-7-10-32(44)38-15-13-36)20-25(2)33(24)51(47,48)41-29(35(46)49-4)23-39-34(45)26-11-12-30-27(21-26)22-40-43(30)17-8-16-42(3)31-9-5-6-14-37-31/h5-6,9,11-12,14,19-22,29,41H,7-8,10,13,15-18,23,36H2,1-4H3,(H,38,44)(H,39,45)/t29-/m0/s1. The van der Waals surface area contributed by atoms with E-state index >= 15 is 0 Å². The van der Waals surface area contributed by atoms with Crippen molar-refractivity contribution in [2.45, 2.75) is 50.6 Å². The van der Waals surface area contributed by atoms with Gasteiger partial charge in [-0.3, -0.25) is 19.1 Å². The Labute approximate surface area is 297 Å². The molecule has 16 heteroatoms. The van der Waals surface area contributed by atoms with Gasteiger partial charge in [-0.2, -0.15) is 9.82 Å². The van der Waals surface area contributed by atoms with E-state index in [1.54, 1.807) is 56.6 Å². The van der Waals surface area contributed by atoms with E-state index in [4.69, 9.17) is 15.2 Å². The van der Waals surface area contributed by atoms with Crippen molar-refractivity contribution in [3.63, 3.8) is 0 Å². The van der Waals surface area contributed by atoms with Crippen LogP contribution in [0, 0.1) is 13.8 Å². The number of aromatic nitrogens is 3. The second kappa shape index (κ2) is 18.3. The SMILES string of the molecule is COC(=O)[C@H](CNC(=O)c1ccc2c(cnn2CCCN(C)c2ccccn2)c1)NS(=O)(=O)c1c(C)cc(OCCCC(=O)NCCN)cc1C. The Morgan fingerprint density at radius 2 is 1.80 bits per heavy atom. The van der Waals surface area contributed by atoms with Gasteiger partial charge in [0.1, 0.15) is 17.6 Å². The summed E-state index contributed by atoms with van der Waals surface area (Å²) in [6, 6.07) is 12.7. The average molecular weight is 723 g/mol. The highest BCUT2D eigenvalue weighted by molar-refractivity contribution is 7.89. The Balaban J connectivity index is 1.35. The molecule has 4 aromatic rings. The number of pyridine rings is 1. The zero-order valence-electron chi connectivity index (χ0n) is 29.3. The van der Waals surface area contributed by atoms with Crippen LogP contribution in [0.15, 0.2) is 65.8 Å². The van der Waals surface area contributed by atoms with Crippen LogP contribution in [0.25, 0.3) is 10.9 Å². The number of methoxy groups -OCH3 is 1. The molecule has 274 valence electrons. The number of carbonyl (C=O) groups is 3. The molecule has 15 nitrogen and oxygen atoms in total. The number of sulfonamides is 1. The second-order valence-electron chi connectivity index (χ2n) is 12.0. The first kappa shape index (κ1) is 38.7. The van der Waals surface area contributed by atoms with E-state index in [2.05, 4.69) is 30.3 Å². The number of nitrogens with zero attached hydrogens (tertiary/aromatic N) is 4. The number of hydrogen-bond acceptors (Lipinski definition) is 11. The van der Waals surface area contributed by atoms with E-state index in [-0.39, 0.29) is 30.4 Å². The first-order valence-electron chi connectivity index (χ1n) is 16.6. The average Bonchev–Trinajstić information content (AvgIpc) is 3.52. The normalized spacial score (nSPS) is 11.9. The van der Waals surface area contributed by atoms with Crippen LogP contribution in [0.5, 0.6) is 5.75 Å². The molecule has 2 aromatic heterocycles. The van der Waals surface area contributed by atoms with Crippen LogP contribution >= 0.6 is 0 Å². The summed E-state index contributed by atoms with van der Waals surface area (Å²) in [5.41, 5.74) is 7.35. The van der Waals surface area contributed by atoms with Crippen molar-refractivity contribution in [1.82, 2.24) is 30.1 Å². The van der Waals surface area contributed by atoms with Crippen LogP contribution in [-0.2, 0) is 30.9 Å². The minimum absolute atomic E-state index is 0.0258. The molecule has 0 aliphatic rings. The number of esters is 1. The minimum atomic E-state index is -4.24. The van der Waals surface area contributed by atoms with E-state index < -0.39 is 27.9 Å². The van der Waals surface area contributed by atoms with Gasteiger partial charge >= 0.3 is 5.97 Å². The number of benzene rings is 2. The lowest BCUT2D eigenvalue weighted by Crippen LogP contribution is -2.49. The number of nitrogens with one attached hydrogen (secondary N) is 3. The summed E-state index contributed by atoms with van der Waals surface area (Å²) >= 11 is 0. The number of fused-ring (bicyclic) bond motifs is 1. The Morgan fingerprint density at radius 1 is 1.04 bits per heavy atom. The summed E-state index contributed by atoms with van der Waals surface area (Å²) in [4.78, 5) is 44.0. The zero-order chi connectivity index (χ0) is 37.0. The molecular weight excluding hydrogens is 677 g/mol. The zero-order valence-corrected chi connectivity index (χ0v) is 30.2.